The van der Waals surface area contributed by atoms with Crippen LogP contribution < -0.4 is 9.64 Å². The molecule has 1 amide bonds. The third kappa shape index (κ3) is 3.52. The molecule has 0 aliphatic carbocycles. The fourth-order valence-corrected chi connectivity index (χ4v) is 3.18. The molecule has 1 aromatic heterocycles. The number of ether oxygens (including phenoxy) is 2. The van der Waals surface area contributed by atoms with Crippen LogP contribution in [0.4, 0.5) is 23.8 Å². The van der Waals surface area contributed by atoms with E-state index in [0.717, 1.165) is 6.20 Å². The minimum atomic E-state index is -4.47. The lowest BCUT2D eigenvalue weighted by Crippen LogP contribution is -2.59. The van der Waals surface area contributed by atoms with Gasteiger partial charge in [0.05, 0.1) is 11.6 Å². The number of halogens is 3. The highest BCUT2D eigenvalue weighted by atomic mass is 19.4. The van der Waals surface area contributed by atoms with Gasteiger partial charge in [-0.25, -0.2) is 9.78 Å². The van der Waals surface area contributed by atoms with Crippen molar-refractivity contribution in [3.05, 3.63) is 17.3 Å². The van der Waals surface area contributed by atoms with Crippen LogP contribution in [0.2, 0.25) is 0 Å². The number of fused-ring (bicyclic) bond motifs is 3. The van der Waals surface area contributed by atoms with E-state index in [1.165, 1.54) is 6.92 Å². The molecule has 0 bridgehead atoms. The Morgan fingerprint density at radius 2 is 2.00 bits per heavy atom. The Bertz CT molecular complexity index is 716. The zero-order chi connectivity index (χ0) is 19.3. The van der Waals surface area contributed by atoms with E-state index in [2.05, 4.69) is 4.98 Å². The molecular weight excluding hydrogens is 351 g/mol. The van der Waals surface area contributed by atoms with Crippen molar-refractivity contribution in [2.75, 3.05) is 31.1 Å². The van der Waals surface area contributed by atoms with E-state index >= 15 is 0 Å². The Kier molecular flexibility index (Phi) is 4.44. The summed E-state index contributed by atoms with van der Waals surface area (Å²) in [6.07, 6.45) is -4.03. The minimum Gasteiger partial charge on any atom is -0.487 e. The molecule has 0 spiro atoms. The largest absolute Gasteiger partial charge is 0.487 e. The molecule has 144 valence electrons. The summed E-state index contributed by atoms with van der Waals surface area (Å²) in [5, 5.41) is 0. The van der Waals surface area contributed by atoms with Crippen molar-refractivity contribution in [1.29, 1.82) is 0 Å². The predicted molar refractivity (Wildman–Crippen MR) is 88.4 cm³/mol. The van der Waals surface area contributed by atoms with Crippen molar-refractivity contribution in [2.24, 2.45) is 0 Å². The van der Waals surface area contributed by atoms with Crippen LogP contribution in [0.15, 0.2) is 6.20 Å². The highest BCUT2D eigenvalue weighted by Crippen LogP contribution is 2.42. The van der Waals surface area contributed by atoms with Gasteiger partial charge in [-0.2, -0.15) is 13.2 Å². The maximum Gasteiger partial charge on any atom is 0.418 e. The molecule has 1 aromatic rings. The van der Waals surface area contributed by atoms with Gasteiger partial charge in [-0.3, -0.25) is 0 Å². The molecule has 3 rings (SSSR count). The third-order valence-electron chi connectivity index (χ3n) is 4.40. The Balaban J connectivity index is 1.79. The van der Waals surface area contributed by atoms with E-state index in [0.29, 0.717) is 25.5 Å². The second kappa shape index (κ2) is 6.21. The SMILES string of the molecule is Cc1c(C(F)(F)F)cnc2c1OC[C@H]1CN(C(=O)OC(C)(C)C)CCN21. The molecule has 0 unspecified atom stereocenters. The fraction of sp³-hybridized carbons (Fsp3) is 0.647. The quantitative estimate of drug-likeness (QED) is 0.699. The molecule has 0 radical (unpaired) electrons. The highest BCUT2D eigenvalue weighted by Gasteiger charge is 2.40. The van der Waals surface area contributed by atoms with Gasteiger partial charge in [0, 0.05) is 31.4 Å². The first-order valence-electron chi connectivity index (χ1n) is 8.41. The Hall–Kier alpha value is -2.19. The van der Waals surface area contributed by atoms with Crippen LogP contribution in [-0.2, 0) is 10.9 Å². The summed E-state index contributed by atoms with van der Waals surface area (Å²) in [5.41, 5.74) is -1.34. The standard InChI is InChI=1S/C17H22F3N3O3/c1-10-12(17(18,19)20)7-21-14-13(10)25-9-11-8-22(5-6-23(11)14)15(24)26-16(2,3)4/h7,11H,5-6,8-9H2,1-4H3/t11-/m1/s1. The second-order valence-corrected chi connectivity index (χ2v) is 7.53. The number of anilines is 1. The van der Waals surface area contributed by atoms with E-state index < -0.39 is 23.4 Å². The predicted octanol–water partition coefficient (Wildman–Crippen LogP) is 3.23. The number of pyridine rings is 1. The number of rotatable bonds is 0. The van der Waals surface area contributed by atoms with Crippen LogP contribution in [0.25, 0.3) is 0 Å². The average molecular weight is 373 g/mol. The van der Waals surface area contributed by atoms with Crippen molar-refractivity contribution >= 4 is 11.9 Å². The molecule has 0 saturated carbocycles. The maximum atomic E-state index is 13.1. The molecular formula is C17H22F3N3O3. The smallest absolute Gasteiger partial charge is 0.418 e. The maximum absolute atomic E-state index is 13.1. The van der Waals surface area contributed by atoms with E-state index in [9.17, 15) is 18.0 Å². The Morgan fingerprint density at radius 3 is 2.62 bits per heavy atom. The first kappa shape index (κ1) is 18.6. The van der Waals surface area contributed by atoms with E-state index in [-0.39, 0.29) is 24.0 Å². The molecule has 0 N–H and O–H groups in total. The number of amides is 1. The number of aromatic nitrogens is 1. The number of hydrogen-bond donors (Lipinski definition) is 0. The van der Waals surface area contributed by atoms with Crippen molar-refractivity contribution in [1.82, 2.24) is 9.88 Å². The second-order valence-electron chi connectivity index (χ2n) is 7.53. The summed E-state index contributed by atoms with van der Waals surface area (Å²) >= 11 is 0. The molecule has 26 heavy (non-hydrogen) atoms. The van der Waals surface area contributed by atoms with Crippen LogP contribution in [0, 0.1) is 6.92 Å². The monoisotopic (exact) mass is 373 g/mol. The summed E-state index contributed by atoms with van der Waals surface area (Å²) in [6, 6.07) is -0.174. The number of carbonyl (C=O) groups excluding carboxylic acids is 1. The molecule has 1 atom stereocenters. The zero-order valence-corrected chi connectivity index (χ0v) is 15.2. The van der Waals surface area contributed by atoms with Gasteiger partial charge >= 0.3 is 12.3 Å². The highest BCUT2D eigenvalue weighted by molar-refractivity contribution is 5.69. The molecule has 1 saturated heterocycles. The topological polar surface area (TPSA) is 54.9 Å². The van der Waals surface area contributed by atoms with Crippen molar-refractivity contribution in [2.45, 2.75) is 45.5 Å². The lowest BCUT2D eigenvalue weighted by Gasteiger charge is -2.45. The van der Waals surface area contributed by atoms with E-state index in [1.54, 1.807) is 25.7 Å². The van der Waals surface area contributed by atoms with Gasteiger partial charge in [0.15, 0.2) is 11.6 Å². The fourth-order valence-electron chi connectivity index (χ4n) is 3.18. The molecule has 1 fully saturated rings. The van der Waals surface area contributed by atoms with Crippen LogP contribution in [0.1, 0.15) is 31.9 Å². The summed E-state index contributed by atoms with van der Waals surface area (Å²) in [7, 11) is 0. The number of nitrogens with zero attached hydrogens (tertiary/aromatic N) is 3. The molecule has 0 aromatic carbocycles. The van der Waals surface area contributed by atoms with Crippen LogP contribution in [0.5, 0.6) is 5.75 Å². The first-order chi connectivity index (χ1) is 12.0. The number of alkyl halides is 3. The number of piperazine rings is 1. The van der Waals surface area contributed by atoms with Gasteiger partial charge in [0.1, 0.15) is 12.2 Å². The molecule has 3 heterocycles. The molecule has 6 nitrogen and oxygen atoms in total. The summed E-state index contributed by atoms with van der Waals surface area (Å²) in [6.45, 7) is 8.21. The van der Waals surface area contributed by atoms with Gasteiger partial charge in [-0.15, -0.1) is 0 Å². The number of hydrogen-bond acceptors (Lipinski definition) is 5. The van der Waals surface area contributed by atoms with Gasteiger partial charge in [0.2, 0.25) is 0 Å². The van der Waals surface area contributed by atoms with Gasteiger partial charge in [-0.05, 0) is 27.7 Å². The lowest BCUT2D eigenvalue weighted by molar-refractivity contribution is -0.138. The Morgan fingerprint density at radius 1 is 1.31 bits per heavy atom. The summed E-state index contributed by atoms with van der Waals surface area (Å²) in [5.74, 6) is 0.567. The minimum absolute atomic E-state index is 0.0375. The summed E-state index contributed by atoms with van der Waals surface area (Å²) < 4.78 is 50.2. The number of carbonyl (C=O) groups is 1. The van der Waals surface area contributed by atoms with Crippen molar-refractivity contribution < 1.29 is 27.4 Å². The van der Waals surface area contributed by atoms with Gasteiger partial charge in [0.25, 0.3) is 0 Å². The Labute approximate surface area is 149 Å². The zero-order valence-electron chi connectivity index (χ0n) is 15.2. The molecule has 2 aliphatic rings. The lowest BCUT2D eigenvalue weighted by atomic mass is 10.1. The van der Waals surface area contributed by atoms with Crippen LogP contribution >= 0.6 is 0 Å². The van der Waals surface area contributed by atoms with Crippen LogP contribution in [-0.4, -0.2) is 53.9 Å². The molecule has 2 aliphatic heterocycles. The van der Waals surface area contributed by atoms with E-state index in [4.69, 9.17) is 9.47 Å². The molecule has 9 heteroatoms. The third-order valence-corrected chi connectivity index (χ3v) is 4.40. The first-order valence-corrected chi connectivity index (χ1v) is 8.41. The van der Waals surface area contributed by atoms with Gasteiger partial charge < -0.3 is 19.3 Å². The van der Waals surface area contributed by atoms with E-state index in [1.807, 2.05) is 4.90 Å². The van der Waals surface area contributed by atoms with Crippen molar-refractivity contribution in [3.8, 4) is 5.75 Å². The summed E-state index contributed by atoms with van der Waals surface area (Å²) in [4.78, 5) is 19.8. The van der Waals surface area contributed by atoms with Crippen molar-refractivity contribution in [3.63, 3.8) is 0 Å². The normalized spacial score (nSPS) is 20.2. The van der Waals surface area contributed by atoms with Crippen LogP contribution in [0.3, 0.4) is 0 Å². The average Bonchev–Trinajstić information content (AvgIpc) is 2.51. The van der Waals surface area contributed by atoms with Gasteiger partial charge in [-0.1, -0.05) is 0 Å².